The van der Waals surface area contributed by atoms with Gasteiger partial charge in [0.05, 0.1) is 0 Å². The van der Waals surface area contributed by atoms with E-state index in [1.54, 1.807) is 12.1 Å². The van der Waals surface area contributed by atoms with E-state index in [1.165, 1.54) is 0 Å². The molecule has 1 aliphatic heterocycles. The van der Waals surface area contributed by atoms with E-state index in [2.05, 4.69) is 18.8 Å². The first-order chi connectivity index (χ1) is 7.87. The highest BCUT2D eigenvalue weighted by Crippen LogP contribution is 2.30. The molecule has 0 aliphatic carbocycles. The molecule has 0 bridgehead atoms. The fraction of sp³-hybridized carbons (Fsp3) is 0.500. The van der Waals surface area contributed by atoms with Gasteiger partial charge in [-0.2, -0.15) is 0 Å². The number of halogens is 2. The number of carbonyl (C=O) groups is 1. The second-order valence-corrected chi connectivity index (χ2v) is 5.92. The fourth-order valence-corrected chi connectivity index (χ4v) is 2.52. The Hall–Kier alpha value is -0.800. The van der Waals surface area contributed by atoms with E-state index in [0.29, 0.717) is 5.56 Å². The Balaban J connectivity index is 2.20. The number of carbonyl (C=O) groups excluding carboxylic acids is 1. The van der Waals surface area contributed by atoms with E-state index < -0.39 is 0 Å². The van der Waals surface area contributed by atoms with Crippen molar-refractivity contribution in [3.8, 4) is 0 Å². The highest BCUT2D eigenvalue weighted by atomic mass is 35.5. The van der Waals surface area contributed by atoms with Crippen molar-refractivity contribution in [1.29, 1.82) is 0 Å². The lowest BCUT2D eigenvalue weighted by molar-refractivity contribution is 0.0778. The molecule has 1 aliphatic rings. The molecule has 1 amide bonds. The summed E-state index contributed by atoms with van der Waals surface area (Å²) in [5, 5.41) is 0.499. The van der Waals surface area contributed by atoms with Crippen molar-refractivity contribution >= 4 is 29.1 Å². The number of rotatable bonds is 1. The molecule has 0 N–H and O–H groups in total. The van der Waals surface area contributed by atoms with Crippen LogP contribution in [0.5, 0.6) is 0 Å². The first-order valence-corrected chi connectivity index (χ1v) is 6.25. The van der Waals surface area contributed by atoms with E-state index >= 15 is 0 Å². The molecule has 3 nitrogen and oxygen atoms in total. The van der Waals surface area contributed by atoms with Crippen molar-refractivity contribution < 1.29 is 4.79 Å². The number of nitrogens with zero attached hydrogens (tertiary/aromatic N) is 2. The Kier molecular flexibility index (Phi) is 3.32. The van der Waals surface area contributed by atoms with Gasteiger partial charge in [-0.15, -0.1) is 0 Å². The minimum absolute atomic E-state index is 0.0261. The smallest absolute Gasteiger partial charge is 0.254 e. The molecule has 0 saturated carbocycles. The zero-order chi connectivity index (χ0) is 12.6. The maximum atomic E-state index is 12.2. The lowest BCUT2D eigenvalue weighted by atomic mass is 9.93. The van der Waals surface area contributed by atoms with Crippen molar-refractivity contribution in [2.45, 2.75) is 20.3 Å². The summed E-state index contributed by atoms with van der Waals surface area (Å²) >= 11 is 11.6. The maximum absolute atomic E-state index is 12.2. The third-order valence-corrected chi connectivity index (χ3v) is 3.36. The number of hydrogen-bond acceptors (Lipinski definition) is 2. The Labute approximate surface area is 111 Å². The minimum atomic E-state index is -0.0261. The molecular weight excluding hydrogens is 259 g/mol. The lowest BCUT2D eigenvalue weighted by Crippen LogP contribution is -2.30. The second kappa shape index (κ2) is 4.46. The van der Waals surface area contributed by atoms with Crippen LogP contribution in [0.3, 0.4) is 0 Å². The number of pyridine rings is 1. The number of aromatic nitrogens is 1. The topological polar surface area (TPSA) is 33.2 Å². The molecule has 1 aromatic heterocycles. The third kappa shape index (κ3) is 2.90. The van der Waals surface area contributed by atoms with Gasteiger partial charge >= 0.3 is 0 Å². The molecule has 0 aromatic carbocycles. The first kappa shape index (κ1) is 12.7. The Morgan fingerprint density at radius 1 is 1.35 bits per heavy atom. The van der Waals surface area contributed by atoms with Gasteiger partial charge < -0.3 is 4.90 Å². The van der Waals surface area contributed by atoms with Crippen molar-refractivity contribution in [2.24, 2.45) is 5.41 Å². The van der Waals surface area contributed by atoms with E-state index in [-0.39, 0.29) is 21.6 Å². The van der Waals surface area contributed by atoms with Crippen LogP contribution < -0.4 is 0 Å². The summed E-state index contributed by atoms with van der Waals surface area (Å²) in [7, 11) is 0. The Morgan fingerprint density at radius 3 is 2.41 bits per heavy atom. The molecule has 0 spiro atoms. The molecule has 17 heavy (non-hydrogen) atoms. The molecule has 1 fully saturated rings. The van der Waals surface area contributed by atoms with Gasteiger partial charge in [0, 0.05) is 18.7 Å². The number of amides is 1. The predicted molar refractivity (Wildman–Crippen MR) is 68.6 cm³/mol. The summed E-state index contributed by atoms with van der Waals surface area (Å²) in [6.45, 7) is 5.87. The number of likely N-dealkylation sites (tertiary alicyclic amines) is 1. The zero-order valence-electron chi connectivity index (χ0n) is 9.83. The molecule has 0 unspecified atom stereocenters. The average Bonchev–Trinajstić information content (AvgIpc) is 2.56. The van der Waals surface area contributed by atoms with Crippen LogP contribution >= 0.6 is 23.2 Å². The molecule has 1 saturated heterocycles. The fourth-order valence-electron chi connectivity index (χ4n) is 2.06. The van der Waals surface area contributed by atoms with Crippen LogP contribution in [0.15, 0.2) is 12.1 Å². The summed E-state index contributed by atoms with van der Waals surface area (Å²) in [6, 6.07) is 3.11. The SMILES string of the molecule is CC1(C)CCN(C(=O)c2cc(Cl)nc(Cl)c2)C1. The normalized spacial score (nSPS) is 18.5. The van der Waals surface area contributed by atoms with Crippen LogP contribution in [0.2, 0.25) is 10.3 Å². The van der Waals surface area contributed by atoms with Crippen molar-refractivity contribution in [3.05, 3.63) is 28.0 Å². The molecule has 5 heteroatoms. The van der Waals surface area contributed by atoms with Crippen LogP contribution in [0.25, 0.3) is 0 Å². The zero-order valence-corrected chi connectivity index (χ0v) is 11.3. The summed E-state index contributed by atoms with van der Waals surface area (Å²) in [6.07, 6.45) is 1.02. The van der Waals surface area contributed by atoms with Gasteiger partial charge in [-0.3, -0.25) is 4.79 Å². The summed E-state index contributed by atoms with van der Waals surface area (Å²) in [5.74, 6) is -0.0261. The second-order valence-electron chi connectivity index (χ2n) is 5.14. The summed E-state index contributed by atoms with van der Waals surface area (Å²) in [4.78, 5) is 17.9. The van der Waals surface area contributed by atoms with Gasteiger partial charge in [0.1, 0.15) is 10.3 Å². The first-order valence-electron chi connectivity index (χ1n) is 5.50. The quantitative estimate of drug-likeness (QED) is 0.736. The average molecular weight is 273 g/mol. The Bertz CT molecular complexity index is 440. The van der Waals surface area contributed by atoms with Crippen LogP contribution in [0.4, 0.5) is 0 Å². The highest BCUT2D eigenvalue weighted by molar-refractivity contribution is 6.33. The van der Waals surface area contributed by atoms with Gasteiger partial charge in [0.25, 0.3) is 5.91 Å². The standard InChI is InChI=1S/C12H14Cl2N2O/c1-12(2)3-4-16(7-12)11(17)8-5-9(13)15-10(14)6-8/h5-6H,3-4,7H2,1-2H3. The van der Waals surface area contributed by atoms with E-state index in [0.717, 1.165) is 19.5 Å². The predicted octanol–water partition coefficient (Wildman–Crippen LogP) is 3.26. The third-order valence-electron chi connectivity index (χ3n) is 2.97. The van der Waals surface area contributed by atoms with Crippen molar-refractivity contribution in [1.82, 2.24) is 9.88 Å². The van der Waals surface area contributed by atoms with Gasteiger partial charge in [0.2, 0.25) is 0 Å². The van der Waals surface area contributed by atoms with Crippen LogP contribution in [0.1, 0.15) is 30.6 Å². The van der Waals surface area contributed by atoms with Gasteiger partial charge in [-0.25, -0.2) is 4.98 Å². The maximum Gasteiger partial charge on any atom is 0.254 e. The summed E-state index contributed by atoms with van der Waals surface area (Å²) < 4.78 is 0. The van der Waals surface area contributed by atoms with Gasteiger partial charge in [0.15, 0.2) is 0 Å². The molecule has 92 valence electrons. The summed E-state index contributed by atoms with van der Waals surface area (Å²) in [5.41, 5.74) is 0.698. The lowest BCUT2D eigenvalue weighted by Gasteiger charge is -2.19. The molecule has 2 rings (SSSR count). The monoisotopic (exact) mass is 272 g/mol. The largest absolute Gasteiger partial charge is 0.338 e. The van der Waals surface area contributed by atoms with Crippen molar-refractivity contribution in [2.75, 3.05) is 13.1 Å². The van der Waals surface area contributed by atoms with E-state index in [1.807, 2.05) is 4.90 Å². The van der Waals surface area contributed by atoms with Crippen LogP contribution in [-0.2, 0) is 0 Å². The van der Waals surface area contributed by atoms with E-state index in [4.69, 9.17) is 23.2 Å². The number of hydrogen-bond donors (Lipinski definition) is 0. The van der Waals surface area contributed by atoms with Gasteiger partial charge in [-0.1, -0.05) is 37.0 Å². The molecule has 0 atom stereocenters. The van der Waals surface area contributed by atoms with Crippen LogP contribution in [0, 0.1) is 5.41 Å². The van der Waals surface area contributed by atoms with Gasteiger partial charge in [-0.05, 0) is 24.0 Å². The highest BCUT2D eigenvalue weighted by Gasteiger charge is 2.32. The molecule has 1 aromatic rings. The molecular formula is C12H14Cl2N2O. The molecule has 0 radical (unpaired) electrons. The van der Waals surface area contributed by atoms with Crippen LogP contribution in [-0.4, -0.2) is 28.9 Å². The Morgan fingerprint density at radius 2 is 1.94 bits per heavy atom. The minimum Gasteiger partial charge on any atom is -0.338 e. The van der Waals surface area contributed by atoms with Crippen molar-refractivity contribution in [3.63, 3.8) is 0 Å². The van der Waals surface area contributed by atoms with E-state index in [9.17, 15) is 4.79 Å². The molecule has 2 heterocycles.